The van der Waals surface area contributed by atoms with Gasteiger partial charge in [0, 0.05) is 37.5 Å². The fourth-order valence-corrected chi connectivity index (χ4v) is 1.81. The maximum absolute atomic E-state index is 12.5. The van der Waals surface area contributed by atoms with Gasteiger partial charge in [0.05, 0.1) is 0 Å². The Hall–Kier alpha value is -0.580. The number of nitrogens with zero attached hydrogens (tertiary/aromatic N) is 1. The van der Waals surface area contributed by atoms with E-state index in [-0.39, 0.29) is 32.5 Å². The van der Waals surface area contributed by atoms with E-state index in [1.165, 1.54) is 0 Å². The van der Waals surface area contributed by atoms with Gasteiger partial charge in [0.2, 0.25) is 0 Å². The Kier molecular flexibility index (Phi) is 3.43. The minimum absolute atomic E-state index is 0. The Morgan fingerprint density at radius 3 is 2.40 bits per heavy atom. The van der Waals surface area contributed by atoms with Crippen molar-refractivity contribution >= 4 is 0 Å². The van der Waals surface area contributed by atoms with Crippen molar-refractivity contribution < 1.29 is 17.6 Å². The Labute approximate surface area is 86.8 Å². The van der Waals surface area contributed by atoms with Gasteiger partial charge in [-0.3, -0.25) is 4.90 Å². The summed E-state index contributed by atoms with van der Waals surface area (Å²) in [6, 6.07) is 0. The standard InChI is InChI=1S/C9H11F4N.CH4/c10-8(11)6-1-2-14(4-6)5-7-3-9(7,12)13;/h7H,1-5H2;1H4. The third-order valence-corrected chi connectivity index (χ3v) is 2.85. The Morgan fingerprint density at radius 1 is 1.40 bits per heavy atom. The van der Waals surface area contributed by atoms with E-state index in [2.05, 4.69) is 0 Å². The highest BCUT2D eigenvalue weighted by Gasteiger charge is 2.57. The minimum Gasteiger partial charge on any atom is -0.298 e. The fourth-order valence-electron chi connectivity index (χ4n) is 1.81. The van der Waals surface area contributed by atoms with Crippen molar-refractivity contribution in [3.63, 3.8) is 0 Å². The molecule has 88 valence electrons. The number of hydrogen-bond acceptors (Lipinski definition) is 1. The largest absolute Gasteiger partial charge is 0.298 e. The maximum atomic E-state index is 12.5. The van der Waals surface area contributed by atoms with Crippen LogP contribution in [-0.4, -0.2) is 30.5 Å². The van der Waals surface area contributed by atoms with Gasteiger partial charge < -0.3 is 0 Å². The summed E-state index contributed by atoms with van der Waals surface area (Å²) in [6.07, 6.45) is -1.41. The van der Waals surface area contributed by atoms with E-state index in [0.29, 0.717) is 13.0 Å². The van der Waals surface area contributed by atoms with Gasteiger partial charge in [0.25, 0.3) is 12.0 Å². The molecule has 1 aliphatic heterocycles. The van der Waals surface area contributed by atoms with Crippen molar-refractivity contribution in [1.29, 1.82) is 0 Å². The molecule has 1 saturated heterocycles. The summed E-state index contributed by atoms with van der Waals surface area (Å²) >= 11 is 0. The van der Waals surface area contributed by atoms with E-state index in [1.807, 2.05) is 0 Å². The average Bonchev–Trinajstić information content (AvgIpc) is 2.51. The quantitative estimate of drug-likeness (QED) is 0.652. The predicted molar refractivity (Wildman–Crippen MR) is 50.1 cm³/mol. The van der Waals surface area contributed by atoms with Crippen molar-refractivity contribution in [2.45, 2.75) is 26.2 Å². The van der Waals surface area contributed by atoms with Crippen molar-refractivity contribution in [3.8, 4) is 0 Å². The van der Waals surface area contributed by atoms with Gasteiger partial charge in [-0.25, -0.2) is 8.78 Å². The molecule has 2 rings (SSSR count). The summed E-state index contributed by atoms with van der Waals surface area (Å²) in [7, 11) is 0. The first-order chi connectivity index (χ1) is 6.49. The van der Waals surface area contributed by atoms with Crippen LogP contribution in [-0.2, 0) is 0 Å². The summed E-state index contributed by atoms with van der Waals surface area (Å²) in [5.74, 6) is -3.15. The summed E-state index contributed by atoms with van der Waals surface area (Å²) in [5.41, 5.74) is 0.106. The van der Waals surface area contributed by atoms with E-state index in [4.69, 9.17) is 0 Å². The van der Waals surface area contributed by atoms with E-state index in [0.717, 1.165) is 0 Å². The van der Waals surface area contributed by atoms with Gasteiger partial charge in [-0.1, -0.05) is 7.43 Å². The summed E-state index contributed by atoms with van der Waals surface area (Å²) in [5, 5.41) is 0. The Balaban J connectivity index is 0.00000112. The zero-order chi connectivity index (χ0) is 10.3. The van der Waals surface area contributed by atoms with Crippen molar-refractivity contribution in [1.82, 2.24) is 4.90 Å². The van der Waals surface area contributed by atoms with Crippen molar-refractivity contribution in [2.75, 3.05) is 19.6 Å². The fraction of sp³-hybridized carbons (Fsp3) is 0.800. The van der Waals surface area contributed by atoms with Crippen LogP contribution in [0.4, 0.5) is 17.6 Å². The molecule has 1 saturated carbocycles. The van der Waals surface area contributed by atoms with E-state index >= 15 is 0 Å². The molecule has 1 nitrogen and oxygen atoms in total. The minimum atomic E-state index is -2.54. The maximum Gasteiger partial charge on any atom is 0.270 e. The van der Waals surface area contributed by atoms with Crippen LogP contribution >= 0.6 is 0 Å². The molecular formula is C10H15F4N. The molecule has 0 aromatic rings. The number of rotatable bonds is 2. The lowest BCUT2D eigenvalue weighted by atomic mass is 10.3. The second-order valence-corrected chi connectivity index (χ2v) is 4.01. The van der Waals surface area contributed by atoms with E-state index in [9.17, 15) is 17.6 Å². The van der Waals surface area contributed by atoms with Crippen LogP contribution in [0.25, 0.3) is 0 Å². The predicted octanol–water partition coefficient (Wildman–Crippen LogP) is 3.13. The molecule has 5 heteroatoms. The SMILES string of the molecule is C.FC(F)=C1CCN(CC2CC2(F)F)C1. The zero-order valence-electron chi connectivity index (χ0n) is 7.57. The number of halogens is 4. The first kappa shape index (κ1) is 12.5. The van der Waals surface area contributed by atoms with Gasteiger partial charge in [-0.15, -0.1) is 0 Å². The first-order valence-corrected chi connectivity index (χ1v) is 4.62. The Bertz CT molecular complexity index is 271. The average molecular weight is 225 g/mol. The normalized spacial score (nSPS) is 28.8. The summed E-state index contributed by atoms with van der Waals surface area (Å²) in [6.45, 7) is 0.901. The van der Waals surface area contributed by atoms with E-state index < -0.39 is 17.9 Å². The van der Waals surface area contributed by atoms with Gasteiger partial charge in [0.15, 0.2) is 0 Å². The van der Waals surface area contributed by atoms with Crippen LogP contribution in [0, 0.1) is 5.92 Å². The van der Waals surface area contributed by atoms with Crippen LogP contribution in [0.1, 0.15) is 20.3 Å². The molecule has 1 unspecified atom stereocenters. The van der Waals surface area contributed by atoms with E-state index in [1.54, 1.807) is 4.90 Å². The molecule has 0 amide bonds. The highest BCUT2D eigenvalue weighted by atomic mass is 19.3. The molecule has 0 aromatic carbocycles. The number of hydrogen-bond donors (Lipinski definition) is 0. The Morgan fingerprint density at radius 2 is 2.00 bits per heavy atom. The van der Waals surface area contributed by atoms with Crippen LogP contribution in [0.15, 0.2) is 11.7 Å². The lowest BCUT2D eigenvalue weighted by Crippen LogP contribution is -2.23. The molecule has 0 aromatic heterocycles. The highest BCUT2D eigenvalue weighted by molar-refractivity contribution is 5.11. The van der Waals surface area contributed by atoms with Crippen molar-refractivity contribution in [3.05, 3.63) is 11.7 Å². The van der Waals surface area contributed by atoms with Gasteiger partial charge in [-0.2, -0.15) is 8.78 Å². The molecule has 15 heavy (non-hydrogen) atoms. The van der Waals surface area contributed by atoms with Gasteiger partial charge >= 0.3 is 0 Å². The third-order valence-electron chi connectivity index (χ3n) is 2.85. The number of alkyl halides is 2. The highest BCUT2D eigenvalue weighted by Crippen LogP contribution is 2.49. The molecule has 1 aliphatic carbocycles. The number of likely N-dealkylation sites (tertiary alicyclic amines) is 1. The molecule has 0 bridgehead atoms. The molecule has 2 aliphatic rings. The molecule has 0 spiro atoms. The lowest BCUT2D eigenvalue weighted by Gasteiger charge is -2.12. The molecule has 0 N–H and O–H groups in total. The van der Waals surface area contributed by atoms with Crippen LogP contribution in [0.5, 0.6) is 0 Å². The second-order valence-electron chi connectivity index (χ2n) is 4.01. The topological polar surface area (TPSA) is 3.24 Å². The van der Waals surface area contributed by atoms with Crippen LogP contribution in [0.2, 0.25) is 0 Å². The monoisotopic (exact) mass is 225 g/mol. The second kappa shape index (κ2) is 4.12. The molecule has 0 radical (unpaired) electrons. The smallest absolute Gasteiger partial charge is 0.270 e. The summed E-state index contributed by atoms with van der Waals surface area (Å²) in [4.78, 5) is 1.68. The molecule has 1 atom stereocenters. The summed E-state index contributed by atoms with van der Waals surface area (Å²) < 4.78 is 49.3. The lowest BCUT2D eigenvalue weighted by molar-refractivity contribution is 0.0902. The first-order valence-electron chi connectivity index (χ1n) is 4.62. The van der Waals surface area contributed by atoms with Crippen LogP contribution < -0.4 is 0 Å². The zero-order valence-corrected chi connectivity index (χ0v) is 7.57. The van der Waals surface area contributed by atoms with Gasteiger partial charge in [-0.05, 0) is 6.42 Å². The third kappa shape index (κ3) is 2.71. The van der Waals surface area contributed by atoms with Crippen molar-refractivity contribution in [2.24, 2.45) is 5.92 Å². The molecule has 2 fully saturated rings. The van der Waals surface area contributed by atoms with Crippen LogP contribution in [0.3, 0.4) is 0 Å². The molecule has 1 heterocycles. The van der Waals surface area contributed by atoms with Gasteiger partial charge in [0.1, 0.15) is 0 Å². The molecular weight excluding hydrogens is 210 g/mol.